The molecule has 3 nitrogen and oxygen atoms in total. The van der Waals surface area contributed by atoms with Crippen molar-refractivity contribution < 1.29 is 13.2 Å². The van der Waals surface area contributed by atoms with E-state index < -0.39 is 17.5 Å². The third-order valence-electron chi connectivity index (χ3n) is 2.10. The van der Waals surface area contributed by atoms with Crippen molar-refractivity contribution >= 4 is 11.5 Å². The minimum atomic E-state index is -1.22. The van der Waals surface area contributed by atoms with Gasteiger partial charge in [0.2, 0.25) is 0 Å². The molecule has 0 fully saturated rings. The summed E-state index contributed by atoms with van der Waals surface area (Å²) in [5.74, 6) is -2.83. The highest BCUT2D eigenvalue weighted by atomic mass is 19.2. The lowest BCUT2D eigenvalue weighted by Crippen LogP contribution is -2.14. The highest BCUT2D eigenvalue weighted by molar-refractivity contribution is 5.84. The fourth-order valence-electron chi connectivity index (χ4n) is 1.36. The van der Waals surface area contributed by atoms with Crippen LogP contribution in [0, 0.1) is 17.5 Å². The van der Waals surface area contributed by atoms with Gasteiger partial charge in [-0.15, -0.1) is 0 Å². The van der Waals surface area contributed by atoms with Crippen molar-refractivity contribution in [2.24, 2.45) is 10.8 Å². The topological polar surface area (TPSA) is 41.6 Å². The Bertz CT molecular complexity index is 431. The zero-order chi connectivity index (χ0) is 11.0. The van der Waals surface area contributed by atoms with E-state index in [1.165, 1.54) is 5.01 Å². The van der Waals surface area contributed by atoms with Crippen LogP contribution in [0.15, 0.2) is 17.2 Å². The molecule has 0 aliphatic carbocycles. The Hall–Kier alpha value is -1.72. The second-order valence-electron chi connectivity index (χ2n) is 3.18. The first-order chi connectivity index (χ1) is 7.08. The molecule has 1 aromatic carbocycles. The molecule has 6 heteroatoms. The molecule has 0 bridgehead atoms. The normalized spacial score (nSPS) is 15.7. The first-order valence-electron chi connectivity index (χ1n) is 4.33. The summed E-state index contributed by atoms with van der Waals surface area (Å²) in [7, 11) is 0. The van der Waals surface area contributed by atoms with Gasteiger partial charge in [-0.2, -0.15) is 5.10 Å². The number of rotatable bonds is 1. The van der Waals surface area contributed by atoms with Crippen LogP contribution in [0.5, 0.6) is 0 Å². The predicted molar refractivity (Wildman–Crippen MR) is 49.9 cm³/mol. The lowest BCUT2D eigenvalue weighted by molar-refractivity contribution is 0.494. The number of hydrogen-bond acceptors (Lipinski definition) is 3. The van der Waals surface area contributed by atoms with Gasteiger partial charge in [-0.1, -0.05) is 0 Å². The molecule has 1 aromatic rings. The molecule has 1 heterocycles. The molecule has 2 rings (SSSR count). The van der Waals surface area contributed by atoms with Crippen molar-refractivity contribution in [2.45, 2.75) is 6.42 Å². The number of amidine groups is 1. The average Bonchev–Trinajstić information content (AvgIpc) is 2.58. The Labute approximate surface area is 84.0 Å². The maximum atomic E-state index is 13.3. The van der Waals surface area contributed by atoms with E-state index in [0.717, 1.165) is 6.07 Å². The lowest BCUT2D eigenvalue weighted by atomic mass is 10.2. The van der Waals surface area contributed by atoms with E-state index in [1.807, 2.05) is 0 Å². The van der Waals surface area contributed by atoms with E-state index in [-0.39, 0.29) is 5.69 Å². The SMILES string of the molecule is NC1=NN(c2cc(F)c(F)cc2F)CC1. The highest BCUT2D eigenvalue weighted by Crippen LogP contribution is 2.24. The summed E-state index contributed by atoms with van der Waals surface area (Å²) < 4.78 is 38.7. The monoisotopic (exact) mass is 215 g/mol. The Morgan fingerprint density at radius 1 is 1.13 bits per heavy atom. The maximum Gasteiger partial charge on any atom is 0.161 e. The maximum absolute atomic E-state index is 13.3. The molecule has 0 aromatic heterocycles. The molecule has 0 saturated heterocycles. The van der Waals surface area contributed by atoms with Gasteiger partial charge in [-0.3, -0.25) is 5.01 Å². The van der Waals surface area contributed by atoms with Gasteiger partial charge in [0.1, 0.15) is 5.84 Å². The van der Waals surface area contributed by atoms with Gasteiger partial charge >= 0.3 is 0 Å². The molecule has 1 aliphatic rings. The Kier molecular flexibility index (Phi) is 2.26. The molecular weight excluding hydrogens is 207 g/mol. The standard InChI is InChI=1S/C9H8F3N3/c10-5-3-7(12)8(4-6(5)11)15-2-1-9(13)14-15/h3-4H,1-2H2,(H2,13,14). The zero-order valence-corrected chi connectivity index (χ0v) is 7.67. The van der Waals surface area contributed by atoms with Crippen LogP contribution in [0.1, 0.15) is 6.42 Å². The molecule has 80 valence electrons. The van der Waals surface area contributed by atoms with Gasteiger partial charge < -0.3 is 5.73 Å². The van der Waals surface area contributed by atoms with Gasteiger partial charge in [-0.05, 0) is 0 Å². The Balaban J connectivity index is 2.40. The molecule has 0 spiro atoms. The third kappa shape index (κ3) is 1.74. The summed E-state index contributed by atoms with van der Waals surface area (Å²) in [5, 5.41) is 5.00. The largest absolute Gasteiger partial charge is 0.386 e. The van der Waals surface area contributed by atoms with E-state index in [9.17, 15) is 13.2 Å². The zero-order valence-electron chi connectivity index (χ0n) is 7.67. The van der Waals surface area contributed by atoms with E-state index in [0.29, 0.717) is 24.9 Å². The second-order valence-corrected chi connectivity index (χ2v) is 3.18. The van der Waals surface area contributed by atoms with Gasteiger partial charge in [0.05, 0.1) is 5.69 Å². The van der Waals surface area contributed by atoms with Crippen molar-refractivity contribution in [1.82, 2.24) is 0 Å². The minimum Gasteiger partial charge on any atom is -0.386 e. The minimum absolute atomic E-state index is 0.102. The number of benzene rings is 1. The molecule has 0 amide bonds. The van der Waals surface area contributed by atoms with Crippen LogP contribution in [0.4, 0.5) is 18.9 Å². The fourth-order valence-corrected chi connectivity index (χ4v) is 1.36. The van der Waals surface area contributed by atoms with Gasteiger partial charge in [0.25, 0.3) is 0 Å². The van der Waals surface area contributed by atoms with E-state index in [1.54, 1.807) is 0 Å². The number of hydrogen-bond donors (Lipinski definition) is 1. The first kappa shape index (κ1) is 9.82. The van der Waals surface area contributed by atoms with Crippen LogP contribution in [0.2, 0.25) is 0 Å². The van der Waals surface area contributed by atoms with Gasteiger partial charge in [-0.25, -0.2) is 13.2 Å². The summed E-state index contributed by atoms with van der Waals surface area (Å²) in [4.78, 5) is 0. The summed E-state index contributed by atoms with van der Waals surface area (Å²) in [6.45, 7) is 0.369. The van der Waals surface area contributed by atoms with Crippen molar-refractivity contribution in [1.29, 1.82) is 0 Å². The van der Waals surface area contributed by atoms with Crippen LogP contribution in [0.25, 0.3) is 0 Å². The number of anilines is 1. The smallest absolute Gasteiger partial charge is 0.161 e. The molecular formula is C9H8F3N3. The van der Waals surface area contributed by atoms with Gasteiger partial charge in [0, 0.05) is 25.1 Å². The van der Waals surface area contributed by atoms with E-state index in [2.05, 4.69) is 5.10 Å². The summed E-state index contributed by atoms with van der Waals surface area (Å²) >= 11 is 0. The quantitative estimate of drug-likeness (QED) is 0.723. The number of nitrogens with two attached hydrogens (primary N) is 1. The number of hydrazone groups is 1. The van der Waals surface area contributed by atoms with Gasteiger partial charge in [0.15, 0.2) is 17.5 Å². The van der Waals surface area contributed by atoms with Crippen LogP contribution in [-0.2, 0) is 0 Å². The molecule has 0 radical (unpaired) electrons. The molecule has 0 atom stereocenters. The van der Waals surface area contributed by atoms with Crippen molar-refractivity contribution in [3.63, 3.8) is 0 Å². The van der Waals surface area contributed by atoms with Crippen LogP contribution in [0.3, 0.4) is 0 Å². The van der Waals surface area contributed by atoms with Crippen LogP contribution >= 0.6 is 0 Å². The van der Waals surface area contributed by atoms with Crippen molar-refractivity contribution in [3.8, 4) is 0 Å². The molecule has 1 aliphatic heterocycles. The van der Waals surface area contributed by atoms with Crippen LogP contribution < -0.4 is 10.7 Å². The molecule has 15 heavy (non-hydrogen) atoms. The van der Waals surface area contributed by atoms with E-state index in [4.69, 9.17) is 5.73 Å². The van der Waals surface area contributed by atoms with Crippen molar-refractivity contribution in [2.75, 3.05) is 11.6 Å². The van der Waals surface area contributed by atoms with E-state index >= 15 is 0 Å². The average molecular weight is 215 g/mol. The van der Waals surface area contributed by atoms with Crippen LogP contribution in [-0.4, -0.2) is 12.4 Å². The summed E-state index contributed by atoms with van der Waals surface area (Å²) in [5.41, 5.74) is 5.30. The fraction of sp³-hybridized carbons (Fsp3) is 0.222. The lowest BCUT2D eigenvalue weighted by Gasteiger charge is -2.14. The third-order valence-corrected chi connectivity index (χ3v) is 2.10. The Morgan fingerprint density at radius 3 is 2.40 bits per heavy atom. The molecule has 2 N–H and O–H groups in total. The number of nitrogens with zero attached hydrogens (tertiary/aromatic N) is 2. The highest BCUT2D eigenvalue weighted by Gasteiger charge is 2.19. The molecule has 0 unspecified atom stereocenters. The summed E-state index contributed by atoms with van der Waals surface area (Å²) in [6, 6.07) is 1.27. The number of halogens is 3. The second kappa shape index (κ2) is 3.45. The molecule has 0 saturated carbocycles. The van der Waals surface area contributed by atoms with Crippen molar-refractivity contribution in [3.05, 3.63) is 29.6 Å². The first-order valence-corrected chi connectivity index (χ1v) is 4.33. The Morgan fingerprint density at radius 2 is 1.80 bits per heavy atom. The predicted octanol–water partition coefficient (Wildman–Crippen LogP) is 1.59. The summed E-state index contributed by atoms with van der Waals surface area (Å²) in [6.07, 6.45) is 0.485.